The molecule has 6 rings (SSSR count). The van der Waals surface area contributed by atoms with Gasteiger partial charge in [0.2, 0.25) is 0 Å². The van der Waals surface area contributed by atoms with Crippen molar-refractivity contribution in [3.63, 3.8) is 0 Å². The maximum Gasteiger partial charge on any atom is 0.197 e. The molecule has 0 spiro atoms. The summed E-state index contributed by atoms with van der Waals surface area (Å²) in [6, 6.07) is 20.4. The van der Waals surface area contributed by atoms with Gasteiger partial charge >= 0.3 is 0 Å². The van der Waals surface area contributed by atoms with E-state index in [-0.39, 0.29) is 22.1 Å². The number of aryl methyl sites for hydroxylation is 2. The van der Waals surface area contributed by atoms with E-state index in [1.807, 2.05) is 19.9 Å². The van der Waals surface area contributed by atoms with Gasteiger partial charge in [0.05, 0.1) is 21.3 Å². The second-order valence-corrected chi connectivity index (χ2v) is 10.2. The van der Waals surface area contributed by atoms with E-state index in [0.29, 0.717) is 67.6 Å². The lowest BCUT2D eigenvalue weighted by Gasteiger charge is -2.16. The van der Waals surface area contributed by atoms with Crippen molar-refractivity contribution >= 4 is 21.9 Å². The van der Waals surface area contributed by atoms with Crippen molar-refractivity contribution in [2.24, 2.45) is 0 Å². The van der Waals surface area contributed by atoms with E-state index >= 15 is 0 Å². The van der Waals surface area contributed by atoms with E-state index in [0.717, 1.165) is 5.56 Å². The number of fused-ring (bicyclic) bond motifs is 2. The molecule has 0 atom stereocenters. The standard InChI is InChI=1S/C35H28O8/c1-18-12-30(41-5)34-26(38)17-29(42-31(34)13-18)21-8-11-27(40-4)23(15-21)32-19(2)14-24(36)33-25(37)16-28(43-35(32)33)20-6-9-22(39-3)10-7-20/h6-17,36H,1-5H3. The fraction of sp³-hybridized carbons (Fsp3) is 0.143. The zero-order valence-corrected chi connectivity index (χ0v) is 24.2. The summed E-state index contributed by atoms with van der Waals surface area (Å²) in [6.07, 6.45) is 0. The topological polar surface area (TPSA) is 108 Å². The molecule has 4 aromatic carbocycles. The molecule has 1 N–H and O–H groups in total. The van der Waals surface area contributed by atoms with Gasteiger partial charge in [0.15, 0.2) is 16.4 Å². The predicted octanol–water partition coefficient (Wildman–Crippen LogP) is 7.25. The second-order valence-electron chi connectivity index (χ2n) is 10.2. The summed E-state index contributed by atoms with van der Waals surface area (Å²) >= 11 is 0. The molecule has 0 radical (unpaired) electrons. The zero-order chi connectivity index (χ0) is 30.4. The third-order valence-electron chi connectivity index (χ3n) is 7.47. The molecule has 216 valence electrons. The van der Waals surface area contributed by atoms with E-state index in [1.165, 1.54) is 25.3 Å². The Labute approximate surface area is 246 Å². The smallest absolute Gasteiger partial charge is 0.197 e. The number of benzene rings is 4. The molecule has 43 heavy (non-hydrogen) atoms. The first-order valence-electron chi connectivity index (χ1n) is 13.5. The Hall–Kier alpha value is -5.50. The molecule has 0 aliphatic carbocycles. The zero-order valence-electron chi connectivity index (χ0n) is 24.2. The van der Waals surface area contributed by atoms with Crippen LogP contribution in [-0.2, 0) is 0 Å². The molecule has 2 heterocycles. The van der Waals surface area contributed by atoms with E-state index in [4.69, 9.17) is 23.0 Å². The largest absolute Gasteiger partial charge is 0.507 e. The van der Waals surface area contributed by atoms with Crippen LogP contribution >= 0.6 is 0 Å². The van der Waals surface area contributed by atoms with Crippen LogP contribution in [0.4, 0.5) is 0 Å². The van der Waals surface area contributed by atoms with Crippen molar-refractivity contribution in [3.8, 4) is 56.8 Å². The predicted molar refractivity (Wildman–Crippen MR) is 166 cm³/mol. The second kappa shape index (κ2) is 10.7. The Morgan fingerprint density at radius 2 is 1.30 bits per heavy atom. The van der Waals surface area contributed by atoms with Gasteiger partial charge in [-0.15, -0.1) is 0 Å². The van der Waals surface area contributed by atoms with Gasteiger partial charge in [0.1, 0.15) is 50.9 Å². The summed E-state index contributed by atoms with van der Waals surface area (Å²) in [5.41, 5.74) is 3.90. The highest BCUT2D eigenvalue weighted by atomic mass is 16.5. The fourth-order valence-corrected chi connectivity index (χ4v) is 5.42. The van der Waals surface area contributed by atoms with Gasteiger partial charge in [-0.05, 0) is 85.6 Å². The molecule has 8 heteroatoms. The average molecular weight is 577 g/mol. The SMILES string of the molecule is COc1ccc(-c2cc(=O)c3c(O)cc(C)c(-c4cc(-c5cc(=O)c6c(OC)cc(C)cc6o5)ccc4OC)c3o2)cc1. The minimum atomic E-state index is -0.397. The van der Waals surface area contributed by atoms with Crippen LogP contribution in [0.25, 0.3) is 55.7 Å². The Morgan fingerprint density at radius 3 is 1.98 bits per heavy atom. The number of hydrogen-bond donors (Lipinski definition) is 1. The van der Waals surface area contributed by atoms with Crippen molar-refractivity contribution in [1.82, 2.24) is 0 Å². The van der Waals surface area contributed by atoms with Crippen LogP contribution in [0.15, 0.2) is 91.2 Å². The summed E-state index contributed by atoms with van der Waals surface area (Å²) in [5, 5.41) is 11.2. The maximum absolute atomic E-state index is 13.4. The Morgan fingerprint density at radius 1 is 0.651 bits per heavy atom. The summed E-state index contributed by atoms with van der Waals surface area (Å²) in [5.74, 6) is 2.08. The first-order valence-corrected chi connectivity index (χ1v) is 13.5. The molecule has 0 bridgehead atoms. The van der Waals surface area contributed by atoms with Crippen LogP contribution < -0.4 is 25.1 Å². The van der Waals surface area contributed by atoms with Crippen molar-refractivity contribution in [2.45, 2.75) is 13.8 Å². The van der Waals surface area contributed by atoms with E-state index < -0.39 is 5.43 Å². The number of phenolic OH excluding ortho intramolecular Hbond substituents is 1. The van der Waals surface area contributed by atoms with Gasteiger partial charge in [-0.2, -0.15) is 0 Å². The molecule has 2 aromatic heterocycles. The van der Waals surface area contributed by atoms with Gasteiger partial charge in [0.25, 0.3) is 0 Å². The van der Waals surface area contributed by atoms with E-state index in [1.54, 1.807) is 62.8 Å². The molecule has 0 saturated carbocycles. The average Bonchev–Trinajstić information content (AvgIpc) is 2.99. The van der Waals surface area contributed by atoms with Gasteiger partial charge in [-0.3, -0.25) is 9.59 Å². The first-order chi connectivity index (χ1) is 20.7. The highest BCUT2D eigenvalue weighted by Crippen LogP contribution is 2.43. The minimum Gasteiger partial charge on any atom is -0.507 e. The quantitative estimate of drug-likeness (QED) is 0.221. The lowest BCUT2D eigenvalue weighted by Crippen LogP contribution is -2.04. The normalized spacial score (nSPS) is 11.2. The molecular formula is C35H28O8. The van der Waals surface area contributed by atoms with Gasteiger partial charge in [-0.1, -0.05) is 0 Å². The molecule has 0 aliphatic heterocycles. The van der Waals surface area contributed by atoms with Crippen LogP contribution in [0.1, 0.15) is 11.1 Å². The van der Waals surface area contributed by atoms with E-state index in [2.05, 4.69) is 0 Å². The van der Waals surface area contributed by atoms with Crippen LogP contribution in [0.2, 0.25) is 0 Å². The Kier molecular flexibility index (Phi) is 6.90. The molecule has 0 aliphatic rings. The summed E-state index contributed by atoms with van der Waals surface area (Å²) < 4.78 is 29.0. The summed E-state index contributed by atoms with van der Waals surface area (Å²) in [7, 11) is 4.63. The number of methoxy groups -OCH3 is 3. The third-order valence-corrected chi connectivity index (χ3v) is 7.47. The summed E-state index contributed by atoms with van der Waals surface area (Å²) in [4.78, 5) is 26.6. The number of rotatable bonds is 6. The molecular weight excluding hydrogens is 548 g/mol. The minimum absolute atomic E-state index is 0.0464. The lowest BCUT2D eigenvalue weighted by molar-refractivity contribution is 0.415. The highest BCUT2D eigenvalue weighted by Gasteiger charge is 2.22. The Bertz CT molecular complexity index is 2150. The molecule has 6 aromatic rings. The molecule has 0 fully saturated rings. The van der Waals surface area contributed by atoms with Gasteiger partial charge < -0.3 is 28.2 Å². The molecule has 8 nitrogen and oxygen atoms in total. The van der Waals surface area contributed by atoms with Crippen LogP contribution in [0, 0.1) is 13.8 Å². The van der Waals surface area contributed by atoms with Crippen molar-refractivity contribution in [2.75, 3.05) is 21.3 Å². The number of hydrogen-bond acceptors (Lipinski definition) is 8. The van der Waals surface area contributed by atoms with Gasteiger partial charge in [0, 0.05) is 34.4 Å². The molecule has 0 amide bonds. The lowest BCUT2D eigenvalue weighted by atomic mass is 9.94. The number of aromatic hydroxyl groups is 1. The van der Waals surface area contributed by atoms with Crippen LogP contribution in [0.5, 0.6) is 23.0 Å². The Balaban J connectivity index is 1.61. The van der Waals surface area contributed by atoms with Crippen molar-refractivity contribution < 1.29 is 28.2 Å². The molecule has 0 saturated heterocycles. The first kappa shape index (κ1) is 27.7. The third kappa shape index (κ3) is 4.76. The monoisotopic (exact) mass is 576 g/mol. The van der Waals surface area contributed by atoms with Gasteiger partial charge in [-0.25, -0.2) is 0 Å². The number of phenols is 1. The molecule has 0 unspecified atom stereocenters. The van der Waals surface area contributed by atoms with Crippen molar-refractivity contribution in [1.29, 1.82) is 0 Å². The van der Waals surface area contributed by atoms with Crippen LogP contribution in [-0.4, -0.2) is 26.4 Å². The van der Waals surface area contributed by atoms with Crippen LogP contribution in [0.3, 0.4) is 0 Å². The number of ether oxygens (including phenoxy) is 3. The highest BCUT2D eigenvalue weighted by molar-refractivity contribution is 6.00. The maximum atomic E-state index is 13.4. The van der Waals surface area contributed by atoms with E-state index in [9.17, 15) is 14.7 Å². The summed E-state index contributed by atoms with van der Waals surface area (Å²) in [6.45, 7) is 3.71. The fourth-order valence-electron chi connectivity index (χ4n) is 5.42. The van der Waals surface area contributed by atoms with Crippen molar-refractivity contribution in [3.05, 3.63) is 104 Å².